The van der Waals surface area contributed by atoms with Crippen LogP contribution in [-0.2, 0) is 6.61 Å². The third kappa shape index (κ3) is 4.96. The summed E-state index contributed by atoms with van der Waals surface area (Å²) in [6.07, 6.45) is 5.50. The van der Waals surface area contributed by atoms with E-state index in [1.807, 2.05) is 80.6 Å². The number of hydrogen-bond donors (Lipinski definition) is 1. The van der Waals surface area contributed by atoms with E-state index in [0.29, 0.717) is 12.5 Å². The third-order valence-corrected chi connectivity index (χ3v) is 4.17. The van der Waals surface area contributed by atoms with Gasteiger partial charge in [0.05, 0.1) is 6.61 Å². The molecule has 1 N–H and O–H groups in total. The molecule has 0 aliphatic rings. The van der Waals surface area contributed by atoms with Gasteiger partial charge in [0, 0.05) is 5.56 Å². The molecule has 0 spiro atoms. The third-order valence-electron chi connectivity index (χ3n) is 4.17. The van der Waals surface area contributed by atoms with Crippen molar-refractivity contribution < 1.29 is 14.3 Å². The highest BCUT2D eigenvalue weighted by molar-refractivity contribution is 5.66. The zero-order valence-corrected chi connectivity index (χ0v) is 15.6. The van der Waals surface area contributed by atoms with Crippen LogP contribution >= 0.6 is 0 Å². The molecule has 0 radical (unpaired) electrons. The molecule has 0 atom stereocenters. The smallest absolute Gasteiger partial charge is 0.226 e. The first-order valence-electron chi connectivity index (χ1n) is 8.86. The predicted molar refractivity (Wildman–Crippen MR) is 107 cm³/mol. The van der Waals surface area contributed by atoms with Gasteiger partial charge in [-0.1, -0.05) is 48.6 Å². The SMILES string of the molecule is C/C(=C/C=C/CO)c1cccc(OCc2nc(-c3ccccc3)oc2C)c1. The van der Waals surface area contributed by atoms with Crippen LogP contribution in [0.15, 0.2) is 77.2 Å². The molecule has 0 amide bonds. The Balaban J connectivity index is 1.71. The first-order chi connectivity index (χ1) is 13.2. The van der Waals surface area contributed by atoms with Gasteiger partial charge >= 0.3 is 0 Å². The molecule has 2 aromatic carbocycles. The number of allylic oxidation sites excluding steroid dienone is 3. The first kappa shape index (κ1) is 18.7. The largest absolute Gasteiger partial charge is 0.487 e. The quantitative estimate of drug-likeness (QED) is 0.589. The highest BCUT2D eigenvalue weighted by atomic mass is 16.5. The molecule has 138 valence electrons. The molecule has 27 heavy (non-hydrogen) atoms. The second-order valence-corrected chi connectivity index (χ2v) is 6.16. The normalized spacial score (nSPS) is 11.9. The summed E-state index contributed by atoms with van der Waals surface area (Å²) in [5.74, 6) is 2.14. The Morgan fingerprint density at radius 2 is 1.96 bits per heavy atom. The van der Waals surface area contributed by atoms with Crippen molar-refractivity contribution in [2.45, 2.75) is 20.5 Å². The van der Waals surface area contributed by atoms with Crippen LogP contribution in [0.3, 0.4) is 0 Å². The molecule has 3 aromatic rings. The van der Waals surface area contributed by atoms with E-state index in [-0.39, 0.29) is 6.61 Å². The number of aliphatic hydroxyl groups is 1. The fourth-order valence-electron chi connectivity index (χ4n) is 2.62. The lowest BCUT2D eigenvalue weighted by molar-refractivity contribution is 0.299. The molecule has 3 rings (SSSR count). The van der Waals surface area contributed by atoms with Gasteiger partial charge in [0.1, 0.15) is 23.8 Å². The van der Waals surface area contributed by atoms with E-state index in [1.54, 1.807) is 6.08 Å². The number of ether oxygens (including phenoxy) is 1. The fraction of sp³-hybridized carbons (Fsp3) is 0.174. The Morgan fingerprint density at radius 3 is 2.74 bits per heavy atom. The summed E-state index contributed by atoms with van der Waals surface area (Å²) in [6, 6.07) is 17.7. The van der Waals surface area contributed by atoms with E-state index >= 15 is 0 Å². The van der Waals surface area contributed by atoms with Crippen LogP contribution in [0, 0.1) is 6.92 Å². The Morgan fingerprint density at radius 1 is 1.15 bits per heavy atom. The van der Waals surface area contributed by atoms with Crippen molar-refractivity contribution in [3.05, 3.63) is 89.8 Å². The van der Waals surface area contributed by atoms with E-state index in [4.69, 9.17) is 14.3 Å². The molecule has 0 bridgehead atoms. The molecule has 4 nitrogen and oxygen atoms in total. The van der Waals surface area contributed by atoms with Crippen LogP contribution in [0.1, 0.15) is 23.9 Å². The van der Waals surface area contributed by atoms with Crippen molar-refractivity contribution in [1.82, 2.24) is 4.98 Å². The highest BCUT2D eigenvalue weighted by Gasteiger charge is 2.12. The van der Waals surface area contributed by atoms with E-state index in [9.17, 15) is 0 Å². The van der Waals surface area contributed by atoms with Crippen LogP contribution in [0.5, 0.6) is 5.75 Å². The summed E-state index contributed by atoms with van der Waals surface area (Å²) in [4.78, 5) is 4.57. The fourth-order valence-corrected chi connectivity index (χ4v) is 2.62. The molecule has 0 saturated carbocycles. The second-order valence-electron chi connectivity index (χ2n) is 6.16. The van der Waals surface area contributed by atoms with Gasteiger partial charge in [-0.25, -0.2) is 4.98 Å². The topological polar surface area (TPSA) is 55.5 Å². The molecule has 1 aromatic heterocycles. The molecular weight excluding hydrogens is 338 g/mol. The first-order valence-corrected chi connectivity index (χ1v) is 8.86. The number of oxazole rings is 1. The van der Waals surface area contributed by atoms with Crippen molar-refractivity contribution >= 4 is 5.57 Å². The average molecular weight is 361 g/mol. The van der Waals surface area contributed by atoms with Crippen LogP contribution in [0.25, 0.3) is 17.0 Å². The standard InChI is InChI=1S/C23H23NO3/c1-17(9-6-7-14-25)20-12-8-13-21(15-20)26-16-22-18(2)27-23(24-22)19-10-4-3-5-11-19/h3-13,15,25H,14,16H2,1-2H3/b7-6+,17-9-. The van der Waals surface area contributed by atoms with Gasteiger partial charge in [-0.05, 0) is 49.2 Å². The molecule has 0 aliphatic carbocycles. The molecule has 0 fully saturated rings. The molecule has 1 heterocycles. The zero-order chi connectivity index (χ0) is 19.1. The summed E-state index contributed by atoms with van der Waals surface area (Å²) < 4.78 is 11.7. The summed E-state index contributed by atoms with van der Waals surface area (Å²) in [7, 11) is 0. The maximum absolute atomic E-state index is 8.82. The summed E-state index contributed by atoms with van der Waals surface area (Å²) >= 11 is 0. The summed E-state index contributed by atoms with van der Waals surface area (Å²) in [5.41, 5.74) is 3.90. The minimum atomic E-state index is 0.0367. The highest BCUT2D eigenvalue weighted by Crippen LogP contribution is 2.24. The lowest BCUT2D eigenvalue weighted by Gasteiger charge is -2.07. The van der Waals surface area contributed by atoms with Gasteiger partial charge in [0.25, 0.3) is 0 Å². The number of aryl methyl sites for hydroxylation is 1. The van der Waals surface area contributed by atoms with E-state index in [0.717, 1.165) is 33.9 Å². The van der Waals surface area contributed by atoms with Crippen LogP contribution in [-0.4, -0.2) is 16.7 Å². The Kier molecular flexibility index (Phi) is 6.23. The molecule has 4 heteroatoms. The van der Waals surface area contributed by atoms with E-state index in [1.165, 1.54) is 0 Å². The Bertz CT molecular complexity index is 939. The number of aromatic nitrogens is 1. The van der Waals surface area contributed by atoms with E-state index < -0.39 is 0 Å². The number of aliphatic hydroxyl groups excluding tert-OH is 1. The number of nitrogens with zero attached hydrogens (tertiary/aromatic N) is 1. The maximum atomic E-state index is 8.82. The van der Waals surface area contributed by atoms with Gasteiger partial charge < -0.3 is 14.3 Å². The average Bonchev–Trinajstić information content (AvgIpc) is 3.08. The van der Waals surface area contributed by atoms with Crippen LogP contribution in [0.4, 0.5) is 0 Å². The van der Waals surface area contributed by atoms with Crippen molar-refractivity contribution in [2.24, 2.45) is 0 Å². The molecular formula is C23H23NO3. The number of hydrogen-bond acceptors (Lipinski definition) is 4. The monoisotopic (exact) mass is 361 g/mol. The van der Waals surface area contributed by atoms with Gasteiger partial charge in [-0.2, -0.15) is 0 Å². The lowest BCUT2D eigenvalue weighted by Crippen LogP contribution is -1.98. The van der Waals surface area contributed by atoms with Crippen LogP contribution < -0.4 is 4.74 Å². The minimum absolute atomic E-state index is 0.0367. The second kappa shape index (κ2) is 9.01. The molecule has 0 unspecified atom stereocenters. The van der Waals surface area contributed by atoms with Gasteiger partial charge in [0.15, 0.2) is 0 Å². The van der Waals surface area contributed by atoms with Gasteiger partial charge in [-0.15, -0.1) is 0 Å². The van der Waals surface area contributed by atoms with E-state index in [2.05, 4.69) is 4.98 Å². The summed E-state index contributed by atoms with van der Waals surface area (Å²) in [5, 5.41) is 8.82. The van der Waals surface area contributed by atoms with Crippen molar-refractivity contribution in [3.63, 3.8) is 0 Å². The molecule has 0 saturated heterocycles. The van der Waals surface area contributed by atoms with Gasteiger partial charge in [-0.3, -0.25) is 0 Å². The lowest BCUT2D eigenvalue weighted by atomic mass is 10.1. The maximum Gasteiger partial charge on any atom is 0.226 e. The summed E-state index contributed by atoms with van der Waals surface area (Å²) in [6.45, 7) is 4.30. The molecule has 0 aliphatic heterocycles. The van der Waals surface area contributed by atoms with Crippen molar-refractivity contribution in [2.75, 3.05) is 6.61 Å². The predicted octanol–water partition coefficient (Wildman–Crippen LogP) is 5.18. The van der Waals surface area contributed by atoms with Crippen molar-refractivity contribution in [1.29, 1.82) is 0 Å². The minimum Gasteiger partial charge on any atom is -0.487 e. The van der Waals surface area contributed by atoms with Gasteiger partial charge in [0.2, 0.25) is 5.89 Å². The zero-order valence-electron chi connectivity index (χ0n) is 15.6. The number of rotatable bonds is 7. The number of benzene rings is 2. The Labute approximate surface area is 159 Å². The Hall–Kier alpha value is -3.11. The van der Waals surface area contributed by atoms with Crippen LogP contribution in [0.2, 0.25) is 0 Å². The van der Waals surface area contributed by atoms with Crippen molar-refractivity contribution in [3.8, 4) is 17.2 Å².